The molecule has 1 aliphatic heterocycles. The smallest absolute Gasteiger partial charge is 0.119 e. The molecular formula is C31H50ClN3O. The molecule has 1 saturated heterocycles. The number of benzene rings is 2. The van der Waals surface area contributed by atoms with Crippen LogP contribution in [0, 0.1) is 0 Å². The molecule has 36 heavy (non-hydrogen) atoms. The van der Waals surface area contributed by atoms with Gasteiger partial charge in [0.2, 0.25) is 0 Å². The third-order valence-corrected chi connectivity index (χ3v) is 7.16. The highest BCUT2D eigenvalue weighted by Crippen LogP contribution is 2.12. The van der Waals surface area contributed by atoms with Crippen molar-refractivity contribution in [3.63, 3.8) is 0 Å². The zero-order chi connectivity index (χ0) is 24.4. The molecule has 0 aliphatic carbocycles. The van der Waals surface area contributed by atoms with E-state index in [0.717, 1.165) is 18.9 Å². The second kappa shape index (κ2) is 19.5. The summed E-state index contributed by atoms with van der Waals surface area (Å²) in [5.41, 5.74) is 1.41. The molecule has 4 nitrogen and oxygen atoms in total. The molecule has 0 bridgehead atoms. The van der Waals surface area contributed by atoms with E-state index >= 15 is 0 Å². The topological polar surface area (TPSA) is 19.0 Å². The zero-order valence-corrected chi connectivity index (χ0v) is 23.5. The maximum absolute atomic E-state index is 5.77. The van der Waals surface area contributed by atoms with E-state index in [9.17, 15) is 0 Å². The molecule has 5 heteroatoms. The molecule has 0 amide bonds. The quantitative estimate of drug-likeness (QED) is 0.204. The number of rotatable bonds is 18. The van der Waals surface area contributed by atoms with Gasteiger partial charge in [0.15, 0.2) is 0 Å². The molecule has 2 aromatic carbocycles. The van der Waals surface area contributed by atoms with Crippen molar-refractivity contribution in [1.82, 2.24) is 14.7 Å². The Morgan fingerprint density at radius 1 is 0.639 bits per heavy atom. The van der Waals surface area contributed by atoms with Crippen LogP contribution in [0.3, 0.4) is 0 Å². The highest BCUT2D eigenvalue weighted by atomic mass is 35.5. The molecule has 0 radical (unpaired) electrons. The van der Waals surface area contributed by atoms with Crippen LogP contribution in [0.4, 0.5) is 0 Å². The van der Waals surface area contributed by atoms with Gasteiger partial charge in [-0.1, -0.05) is 80.6 Å². The average Bonchev–Trinajstić information content (AvgIpc) is 2.90. The van der Waals surface area contributed by atoms with Crippen LogP contribution in [-0.2, 0) is 6.54 Å². The summed E-state index contributed by atoms with van der Waals surface area (Å²) in [7, 11) is 2.24. The van der Waals surface area contributed by atoms with Crippen molar-refractivity contribution in [1.29, 1.82) is 0 Å². The maximum atomic E-state index is 5.77. The summed E-state index contributed by atoms with van der Waals surface area (Å²) in [4.78, 5) is 7.81. The van der Waals surface area contributed by atoms with Crippen LogP contribution in [0.2, 0.25) is 0 Å². The fraction of sp³-hybridized carbons (Fsp3) is 0.613. The van der Waals surface area contributed by atoms with Gasteiger partial charge in [0.05, 0.1) is 6.61 Å². The average molecular weight is 516 g/mol. The Morgan fingerprint density at radius 3 is 1.75 bits per heavy atom. The molecule has 3 rings (SSSR count). The molecule has 0 spiro atoms. The van der Waals surface area contributed by atoms with E-state index < -0.39 is 0 Å². The summed E-state index contributed by atoms with van der Waals surface area (Å²) in [6.07, 6.45) is 11.9. The number of nitrogens with zero attached hydrogens (tertiary/aromatic N) is 3. The summed E-state index contributed by atoms with van der Waals surface area (Å²) in [6, 6.07) is 21.0. The van der Waals surface area contributed by atoms with Crippen LogP contribution < -0.4 is 4.74 Å². The predicted molar refractivity (Wildman–Crippen MR) is 156 cm³/mol. The zero-order valence-electron chi connectivity index (χ0n) is 22.7. The standard InChI is InChI=1S/C31H49N3O.ClH/c1-32(29-30-17-9-7-10-18-30)21-14-15-23-34-26-24-33(25-27-34)22-13-5-3-2-4-6-16-28-35-31-19-11-8-12-20-31;/h7-12,17-20H,2-6,13-16,21-29H2,1H3;1H. The number of para-hydroxylation sites is 1. The SMILES string of the molecule is CN(CCCCN1CCN(CCCCCCCCCOc2ccccc2)CC1)Cc1ccccc1.Cl. The Balaban J connectivity index is 0.00000456. The first-order valence-electron chi connectivity index (χ1n) is 14.1. The number of piperazine rings is 1. The first-order valence-corrected chi connectivity index (χ1v) is 14.1. The minimum absolute atomic E-state index is 0. The Kier molecular flexibility index (Phi) is 16.6. The fourth-order valence-corrected chi connectivity index (χ4v) is 4.96. The van der Waals surface area contributed by atoms with Gasteiger partial charge in [-0.25, -0.2) is 0 Å². The summed E-state index contributed by atoms with van der Waals surface area (Å²) in [5.74, 6) is 0.996. The highest BCUT2D eigenvalue weighted by Gasteiger charge is 2.15. The van der Waals surface area contributed by atoms with Crippen molar-refractivity contribution < 1.29 is 4.74 Å². The van der Waals surface area contributed by atoms with Crippen LogP contribution in [0.15, 0.2) is 60.7 Å². The first kappa shape index (κ1) is 30.6. The third kappa shape index (κ3) is 13.6. The van der Waals surface area contributed by atoms with E-state index in [1.165, 1.54) is 109 Å². The molecule has 0 N–H and O–H groups in total. The van der Waals surface area contributed by atoms with Gasteiger partial charge in [0.25, 0.3) is 0 Å². The molecule has 1 heterocycles. The molecule has 202 valence electrons. The maximum Gasteiger partial charge on any atom is 0.119 e. The van der Waals surface area contributed by atoms with Gasteiger partial charge in [-0.2, -0.15) is 0 Å². The predicted octanol–water partition coefficient (Wildman–Crippen LogP) is 6.75. The van der Waals surface area contributed by atoms with Gasteiger partial charge >= 0.3 is 0 Å². The van der Waals surface area contributed by atoms with Crippen LogP contribution in [0.1, 0.15) is 63.4 Å². The molecule has 0 unspecified atom stereocenters. The van der Waals surface area contributed by atoms with Crippen LogP contribution in [0.25, 0.3) is 0 Å². The van der Waals surface area contributed by atoms with Gasteiger partial charge in [-0.15, -0.1) is 12.4 Å². The Morgan fingerprint density at radius 2 is 1.14 bits per heavy atom. The van der Waals surface area contributed by atoms with E-state index in [1.807, 2.05) is 30.3 Å². The van der Waals surface area contributed by atoms with Gasteiger partial charge in [-0.05, 0) is 70.1 Å². The van der Waals surface area contributed by atoms with E-state index in [-0.39, 0.29) is 12.4 Å². The summed E-state index contributed by atoms with van der Waals surface area (Å²) >= 11 is 0. The lowest BCUT2D eigenvalue weighted by Crippen LogP contribution is -2.46. The minimum Gasteiger partial charge on any atom is -0.494 e. The number of hydrogen-bond donors (Lipinski definition) is 0. The van der Waals surface area contributed by atoms with Crippen molar-refractivity contribution in [2.24, 2.45) is 0 Å². The van der Waals surface area contributed by atoms with E-state index in [2.05, 4.69) is 52.1 Å². The monoisotopic (exact) mass is 515 g/mol. The van der Waals surface area contributed by atoms with Crippen LogP contribution >= 0.6 is 12.4 Å². The first-order chi connectivity index (χ1) is 17.3. The number of halogens is 1. The fourth-order valence-electron chi connectivity index (χ4n) is 4.96. The molecule has 0 atom stereocenters. The Hall–Kier alpha value is -1.59. The third-order valence-electron chi connectivity index (χ3n) is 7.16. The van der Waals surface area contributed by atoms with Crippen molar-refractivity contribution in [2.75, 3.05) is 59.5 Å². The minimum atomic E-state index is 0. The molecule has 0 aromatic heterocycles. The van der Waals surface area contributed by atoms with E-state index in [1.54, 1.807) is 0 Å². The normalized spacial score (nSPS) is 14.6. The van der Waals surface area contributed by atoms with Crippen LogP contribution in [-0.4, -0.2) is 74.2 Å². The molecule has 2 aromatic rings. The van der Waals surface area contributed by atoms with Gasteiger partial charge in [0, 0.05) is 32.7 Å². The molecule has 1 fully saturated rings. The second-order valence-corrected chi connectivity index (χ2v) is 10.3. The van der Waals surface area contributed by atoms with Gasteiger partial charge < -0.3 is 19.4 Å². The number of unbranched alkanes of at least 4 members (excludes halogenated alkanes) is 7. The lowest BCUT2D eigenvalue weighted by Gasteiger charge is -2.34. The lowest BCUT2D eigenvalue weighted by atomic mass is 10.1. The largest absolute Gasteiger partial charge is 0.494 e. The van der Waals surface area contributed by atoms with Crippen molar-refractivity contribution in [3.8, 4) is 5.75 Å². The summed E-state index contributed by atoms with van der Waals surface area (Å²) in [6.45, 7) is 10.7. The van der Waals surface area contributed by atoms with Crippen LogP contribution in [0.5, 0.6) is 5.75 Å². The van der Waals surface area contributed by atoms with E-state index in [0.29, 0.717) is 0 Å². The molecule has 1 aliphatic rings. The second-order valence-electron chi connectivity index (χ2n) is 10.3. The lowest BCUT2D eigenvalue weighted by molar-refractivity contribution is 0.128. The molecular weight excluding hydrogens is 466 g/mol. The number of ether oxygens (including phenoxy) is 1. The van der Waals surface area contributed by atoms with Crippen molar-refractivity contribution in [3.05, 3.63) is 66.2 Å². The Bertz CT molecular complexity index is 753. The number of hydrogen-bond acceptors (Lipinski definition) is 4. The summed E-state index contributed by atoms with van der Waals surface area (Å²) in [5, 5.41) is 0. The summed E-state index contributed by atoms with van der Waals surface area (Å²) < 4.78 is 5.77. The molecule has 0 saturated carbocycles. The van der Waals surface area contributed by atoms with E-state index in [4.69, 9.17) is 4.74 Å². The van der Waals surface area contributed by atoms with Crippen molar-refractivity contribution >= 4 is 12.4 Å². The van der Waals surface area contributed by atoms with Gasteiger partial charge in [0.1, 0.15) is 5.75 Å². The van der Waals surface area contributed by atoms with Crippen molar-refractivity contribution in [2.45, 2.75) is 64.3 Å². The van der Waals surface area contributed by atoms with Gasteiger partial charge in [-0.3, -0.25) is 0 Å². The highest BCUT2D eigenvalue weighted by molar-refractivity contribution is 5.85. The Labute approximate surface area is 227 Å².